The van der Waals surface area contributed by atoms with Crippen molar-refractivity contribution in [2.75, 3.05) is 0 Å². The van der Waals surface area contributed by atoms with Crippen molar-refractivity contribution < 1.29 is 0 Å². The molecule has 0 spiro atoms. The molecule has 1 nitrogen and oxygen atoms in total. The third-order valence-electron chi connectivity index (χ3n) is 4.02. The fourth-order valence-electron chi connectivity index (χ4n) is 3.07. The van der Waals surface area contributed by atoms with Crippen LogP contribution in [0.1, 0.15) is 41.8 Å². The van der Waals surface area contributed by atoms with Gasteiger partial charge >= 0.3 is 0 Å². The molecule has 1 aromatic heterocycles. The van der Waals surface area contributed by atoms with E-state index in [-0.39, 0.29) is 0 Å². The number of fused-ring (bicyclic) bond motifs is 1. The Labute approximate surface area is 152 Å². The van der Waals surface area contributed by atoms with Gasteiger partial charge < -0.3 is 5.32 Å². The van der Waals surface area contributed by atoms with Gasteiger partial charge in [-0.05, 0) is 84.5 Å². The molecule has 0 fully saturated rings. The van der Waals surface area contributed by atoms with Crippen molar-refractivity contribution in [2.45, 2.75) is 44.7 Å². The van der Waals surface area contributed by atoms with E-state index in [1.54, 1.807) is 10.4 Å². The van der Waals surface area contributed by atoms with Gasteiger partial charge in [-0.15, -0.1) is 11.3 Å². The van der Waals surface area contributed by atoms with Crippen LogP contribution in [-0.4, -0.2) is 6.04 Å². The molecule has 1 aliphatic carbocycles. The Balaban J connectivity index is 1.65. The highest BCUT2D eigenvalue weighted by Gasteiger charge is 2.23. The second-order valence-corrected chi connectivity index (χ2v) is 9.72. The fraction of sp³-hybridized carbons (Fsp3) is 0.412. The van der Waals surface area contributed by atoms with Crippen LogP contribution in [0.4, 0.5) is 0 Å². The molecule has 1 N–H and O–H groups in total. The summed E-state index contributed by atoms with van der Waals surface area (Å²) >= 11 is 7.92. The molecule has 112 valence electrons. The second-order valence-electron chi connectivity index (χ2n) is 5.77. The zero-order valence-corrected chi connectivity index (χ0v) is 16.6. The molecule has 2 unspecified atom stereocenters. The van der Waals surface area contributed by atoms with Crippen LogP contribution >= 0.6 is 49.9 Å². The molecular weight excluding hydrogens is 457 g/mol. The molecule has 3 rings (SSSR count). The highest BCUT2D eigenvalue weighted by molar-refractivity contribution is 14.1. The number of thiophene rings is 1. The van der Waals surface area contributed by atoms with E-state index in [4.69, 9.17) is 0 Å². The van der Waals surface area contributed by atoms with Crippen molar-refractivity contribution >= 4 is 49.9 Å². The van der Waals surface area contributed by atoms with Crippen molar-refractivity contribution in [1.82, 2.24) is 5.32 Å². The van der Waals surface area contributed by atoms with E-state index >= 15 is 0 Å². The van der Waals surface area contributed by atoms with Crippen LogP contribution in [0.15, 0.2) is 34.8 Å². The maximum absolute atomic E-state index is 3.84. The highest BCUT2D eigenvalue weighted by atomic mass is 127. The highest BCUT2D eigenvalue weighted by Crippen LogP contribution is 2.36. The van der Waals surface area contributed by atoms with Crippen LogP contribution in [0.3, 0.4) is 0 Å². The molecule has 1 aromatic carbocycles. The standard InChI is InChI=1S/C17H19BrINS/c1-11(9-12-5-7-13(18)8-6-12)20-15-3-2-4-16-14(15)10-17(19)21-16/h5-8,10-11,15,20H,2-4,9H2,1H3. The minimum absolute atomic E-state index is 0.500. The Morgan fingerprint density at radius 2 is 2.14 bits per heavy atom. The molecule has 0 bridgehead atoms. The average Bonchev–Trinajstić information content (AvgIpc) is 2.83. The molecule has 0 saturated carbocycles. The van der Waals surface area contributed by atoms with Gasteiger partial charge in [-0.1, -0.05) is 28.1 Å². The Morgan fingerprint density at radius 1 is 1.38 bits per heavy atom. The predicted octanol–water partition coefficient (Wildman–Crippen LogP) is 5.71. The van der Waals surface area contributed by atoms with Crippen molar-refractivity contribution in [2.24, 2.45) is 0 Å². The average molecular weight is 476 g/mol. The minimum atomic E-state index is 0.500. The van der Waals surface area contributed by atoms with Gasteiger partial charge in [0.15, 0.2) is 0 Å². The van der Waals surface area contributed by atoms with E-state index in [9.17, 15) is 0 Å². The second kappa shape index (κ2) is 7.11. The molecule has 0 amide bonds. The Morgan fingerprint density at radius 3 is 2.90 bits per heavy atom. The summed E-state index contributed by atoms with van der Waals surface area (Å²) in [5.74, 6) is 0. The SMILES string of the molecule is CC(Cc1ccc(Br)cc1)NC1CCCc2sc(I)cc21. The van der Waals surface area contributed by atoms with Gasteiger partial charge in [0.1, 0.15) is 0 Å². The monoisotopic (exact) mass is 475 g/mol. The van der Waals surface area contributed by atoms with Gasteiger partial charge in [-0.25, -0.2) is 0 Å². The molecule has 1 heterocycles. The summed E-state index contributed by atoms with van der Waals surface area (Å²) in [6.07, 6.45) is 4.93. The minimum Gasteiger partial charge on any atom is -0.307 e. The summed E-state index contributed by atoms with van der Waals surface area (Å²) in [6, 6.07) is 12.1. The van der Waals surface area contributed by atoms with E-state index in [0.29, 0.717) is 12.1 Å². The topological polar surface area (TPSA) is 12.0 Å². The van der Waals surface area contributed by atoms with Crippen LogP contribution < -0.4 is 5.32 Å². The lowest BCUT2D eigenvalue weighted by atomic mass is 9.93. The molecule has 2 atom stereocenters. The van der Waals surface area contributed by atoms with Gasteiger partial charge in [0.2, 0.25) is 0 Å². The Kier molecular flexibility index (Phi) is 5.41. The summed E-state index contributed by atoms with van der Waals surface area (Å²) in [5.41, 5.74) is 2.95. The molecular formula is C17H19BrINS. The number of nitrogens with one attached hydrogen (secondary N) is 1. The van der Waals surface area contributed by atoms with Crippen LogP contribution in [-0.2, 0) is 12.8 Å². The number of benzene rings is 1. The maximum Gasteiger partial charge on any atom is 0.0659 e. The normalized spacial score (nSPS) is 19.3. The summed E-state index contributed by atoms with van der Waals surface area (Å²) < 4.78 is 2.57. The quantitative estimate of drug-likeness (QED) is 0.558. The van der Waals surface area contributed by atoms with Crippen molar-refractivity contribution in [1.29, 1.82) is 0 Å². The van der Waals surface area contributed by atoms with Crippen molar-refractivity contribution in [3.63, 3.8) is 0 Å². The number of halogens is 2. The number of hydrogen-bond donors (Lipinski definition) is 1. The maximum atomic E-state index is 3.84. The number of hydrogen-bond acceptors (Lipinski definition) is 2. The first-order valence-corrected chi connectivity index (χ1v) is 10.1. The summed E-state index contributed by atoms with van der Waals surface area (Å²) in [7, 11) is 0. The van der Waals surface area contributed by atoms with E-state index in [0.717, 1.165) is 10.9 Å². The summed E-state index contributed by atoms with van der Waals surface area (Å²) in [5, 5.41) is 3.84. The third-order valence-corrected chi connectivity index (χ3v) is 6.52. The Hall–Kier alpha value is 0.0900. The van der Waals surface area contributed by atoms with Gasteiger partial charge in [0, 0.05) is 21.4 Å². The fourth-order valence-corrected chi connectivity index (χ4v) is 5.45. The van der Waals surface area contributed by atoms with Gasteiger partial charge in [-0.2, -0.15) is 0 Å². The lowest BCUT2D eigenvalue weighted by Gasteiger charge is -2.27. The summed E-state index contributed by atoms with van der Waals surface area (Å²) in [6.45, 7) is 2.30. The van der Waals surface area contributed by atoms with E-state index in [1.807, 2.05) is 11.3 Å². The Bertz CT molecular complexity index is 608. The number of aryl methyl sites for hydroxylation is 1. The molecule has 4 heteroatoms. The molecule has 2 aromatic rings. The van der Waals surface area contributed by atoms with E-state index in [2.05, 4.69) is 81.1 Å². The van der Waals surface area contributed by atoms with E-state index < -0.39 is 0 Å². The van der Waals surface area contributed by atoms with Gasteiger partial charge in [0.05, 0.1) is 2.88 Å². The molecule has 21 heavy (non-hydrogen) atoms. The first-order chi connectivity index (χ1) is 10.1. The first-order valence-electron chi connectivity index (χ1n) is 7.40. The number of rotatable bonds is 4. The first kappa shape index (κ1) is 16.0. The van der Waals surface area contributed by atoms with Crippen LogP contribution in [0, 0.1) is 2.88 Å². The zero-order valence-electron chi connectivity index (χ0n) is 12.0. The lowest BCUT2D eigenvalue weighted by Crippen LogP contribution is -2.33. The molecule has 0 radical (unpaired) electrons. The zero-order chi connectivity index (χ0) is 14.8. The molecule has 0 aliphatic heterocycles. The van der Waals surface area contributed by atoms with Crippen LogP contribution in [0.25, 0.3) is 0 Å². The smallest absolute Gasteiger partial charge is 0.0659 e. The van der Waals surface area contributed by atoms with Crippen LogP contribution in [0.5, 0.6) is 0 Å². The van der Waals surface area contributed by atoms with E-state index in [1.165, 1.54) is 27.7 Å². The molecule has 0 saturated heterocycles. The lowest BCUT2D eigenvalue weighted by molar-refractivity contribution is 0.409. The van der Waals surface area contributed by atoms with Crippen molar-refractivity contribution in [3.8, 4) is 0 Å². The van der Waals surface area contributed by atoms with Gasteiger partial charge in [-0.3, -0.25) is 0 Å². The summed E-state index contributed by atoms with van der Waals surface area (Å²) in [4.78, 5) is 1.60. The molecule has 1 aliphatic rings. The largest absolute Gasteiger partial charge is 0.307 e. The predicted molar refractivity (Wildman–Crippen MR) is 103 cm³/mol. The van der Waals surface area contributed by atoms with Crippen molar-refractivity contribution in [3.05, 3.63) is 53.7 Å². The third kappa shape index (κ3) is 4.09. The van der Waals surface area contributed by atoms with Gasteiger partial charge in [0.25, 0.3) is 0 Å². The van der Waals surface area contributed by atoms with Crippen LogP contribution in [0.2, 0.25) is 0 Å².